The molecule has 0 nitrogen and oxygen atoms in total. The van der Waals surface area contributed by atoms with E-state index in [2.05, 4.69) is 0 Å². The van der Waals surface area contributed by atoms with Crippen molar-refractivity contribution in [3.8, 4) is 0 Å². The lowest BCUT2D eigenvalue weighted by Gasteiger charge is -2.06. The predicted molar refractivity (Wildman–Crippen MR) is 45.8 cm³/mol. The third-order valence-corrected chi connectivity index (χ3v) is 1.96. The van der Waals surface area contributed by atoms with Crippen molar-refractivity contribution < 1.29 is 8.78 Å². The van der Waals surface area contributed by atoms with Crippen LogP contribution in [-0.2, 0) is 6.42 Å². The van der Waals surface area contributed by atoms with Crippen molar-refractivity contribution in [2.45, 2.75) is 19.8 Å². The van der Waals surface area contributed by atoms with Crippen molar-refractivity contribution in [3.05, 3.63) is 34.3 Å². The molecule has 0 heterocycles. The Bertz CT molecular complexity index is 271. The minimum Gasteiger partial charge on any atom is -0.205 e. The highest BCUT2D eigenvalue weighted by Crippen LogP contribution is 2.26. The van der Waals surface area contributed by atoms with Crippen molar-refractivity contribution in [3.63, 3.8) is 0 Å². The Morgan fingerprint density at radius 2 is 2.08 bits per heavy atom. The number of aryl methyl sites for hydroxylation is 1. The molecule has 3 heteroatoms. The Labute approximate surface area is 75.2 Å². The summed E-state index contributed by atoms with van der Waals surface area (Å²) in [6.45, 7) is 1.84. The van der Waals surface area contributed by atoms with Gasteiger partial charge in [-0.05, 0) is 24.1 Å². The van der Waals surface area contributed by atoms with Gasteiger partial charge in [0, 0.05) is 10.6 Å². The molecule has 0 fully saturated rings. The summed E-state index contributed by atoms with van der Waals surface area (Å²) >= 11 is 5.58. The summed E-state index contributed by atoms with van der Waals surface area (Å²) in [5, 5.41) is 0.363. The van der Waals surface area contributed by atoms with Gasteiger partial charge < -0.3 is 0 Å². The van der Waals surface area contributed by atoms with E-state index in [1.165, 1.54) is 6.07 Å². The maximum Gasteiger partial charge on any atom is 0.264 e. The smallest absolute Gasteiger partial charge is 0.205 e. The molecule has 0 N–H and O–H groups in total. The fraction of sp³-hybridized carbons (Fsp3) is 0.333. The lowest BCUT2D eigenvalue weighted by atomic mass is 10.1. The van der Waals surface area contributed by atoms with Crippen molar-refractivity contribution in [2.75, 3.05) is 0 Å². The molecule has 1 aromatic carbocycles. The van der Waals surface area contributed by atoms with Gasteiger partial charge in [-0.1, -0.05) is 24.6 Å². The standard InChI is InChI=1S/C9H9ClF2/c1-2-6-3-4-7(10)5-8(6)9(11)12/h3-5,9H,2H2,1H3. The minimum atomic E-state index is -2.43. The first-order chi connectivity index (χ1) is 5.65. The maximum absolute atomic E-state index is 12.3. The minimum absolute atomic E-state index is 0.0463. The Hall–Kier alpha value is -0.630. The molecule has 0 aromatic heterocycles. The first kappa shape index (κ1) is 9.46. The zero-order valence-corrected chi connectivity index (χ0v) is 7.41. The van der Waals surface area contributed by atoms with Crippen molar-refractivity contribution in [1.82, 2.24) is 0 Å². The van der Waals surface area contributed by atoms with Crippen molar-refractivity contribution in [2.24, 2.45) is 0 Å². The zero-order chi connectivity index (χ0) is 9.14. The Morgan fingerprint density at radius 3 is 2.58 bits per heavy atom. The lowest BCUT2D eigenvalue weighted by molar-refractivity contribution is 0.150. The SMILES string of the molecule is CCc1ccc(Cl)cc1C(F)F. The Morgan fingerprint density at radius 1 is 1.42 bits per heavy atom. The molecular formula is C9H9ClF2. The van der Waals surface area contributed by atoms with E-state index >= 15 is 0 Å². The van der Waals surface area contributed by atoms with Crippen LogP contribution in [0.4, 0.5) is 8.78 Å². The number of halogens is 3. The molecule has 0 spiro atoms. The number of rotatable bonds is 2. The number of benzene rings is 1. The largest absolute Gasteiger partial charge is 0.264 e. The zero-order valence-electron chi connectivity index (χ0n) is 6.65. The number of hydrogen-bond donors (Lipinski definition) is 0. The molecule has 0 aliphatic heterocycles. The van der Waals surface area contributed by atoms with Gasteiger partial charge in [-0.15, -0.1) is 0 Å². The molecule has 0 amide bonds. The average Bonchev–Trinajstić information content (AvgIpc) is 2.04. The summed E-state index contributed by atoms with van der Waals surface area (Å²) in [5.74, 6) is 0. The van der Waals surface area contributed by atoms with Crippen LogP contribution in [0.2, 0.25) is 5.02 Å². The first-order valence-corrected chi connectivity index (χ1v) is 4.09. The van der Waals surface area contributed by atoms with Crippen LogP contribution in [0.25, 0.3) is 0 Å². The second kappa shape index (κ2) is 3.85. The van der Waals surface area contributed by atoms with Gasteiger partial charge in [0.05, 0.1) is 0 Å². The topological polar surface area (TPSA) is 0 Å². The molecule has 0 atom stereocenters. The van der Waals surface area contributed by atoms with Gasteiger partial charge in [-0.25, -0.2) is 8.78 Å². The third-order valence-electron chi connectivity index (χ3n) is 1.72. The van der Waals surface area contributed by atoms with E-state index in [4.69, 9.17) is 11.6 Å². The van der Waals surface area contributed by atoms with Gasteiger partial charge in [-0.2, -0.15) is 0 Å². The summed E-state index contributed by atoms with van der Waals surface area (Å²) in [6.07, 6.45) is -1.82. The normalized spacial score (nSPS) is 10.8. The molecule has 0 unspecified atom stereocenters. The quantitative estimate of drug-likeness (QED) is 0.665. The van der Waals surface area contributed by atoms with Crippen LogP contribution >= 0.6 is 11.6 Å². The van der Waals surface area contributed by atoms with E-state index < -0.39 is 6.43 Å². The molecule has 1 rings (SSSR count). The van der Waals surface area contributed by atoms with Crippen LogP contribution in [-0.4, -0.2) is 0 Å². The average molecular weight is 191 g/mol. The molecule has 0 saturated heterocycles. The van der Waals surface area contributed by atoms with E-state index in [0.29, 0.717) is 17.0 Å². The van der Waals surface area contributed by atoms with E-state index in [-0.39, 0.29) is 5.56 Å². The number of hydrogen-bond acceptors (Lipinski definition) is 0. The van der Waals surface area contributed by atoms with E-state index in [0.717, 1.165) is 0 Å². The highest BCUT2D eigenvalue weighted by atomic mass is 35.5. The lowest BCUT2D eigenvalue weighted by Crippen LogP contribution is -1.92. The van der Waals surface area contributed by atoms with Crippen molar-refractivity contribution in [1.29, 1.82) is 0 Å². The fourth-order valence-electron chi connectivity index (χ4n) is 1.09. The van der Waals surface area contributed by atoms with Gasteiger partial charge in [0.25, 0.3) is 6.43 Å². The van der Waals surface area contributed by atoms with Crippen molar-refractivity contribution >= 4 is 11.6 Å². The first-order valence-electron chi connectivity index (χ1n) is 3.71. The summed E-state index contributed by atoms with van der Waals surface area (Å²) in [5.41, 5.74) is 0.708. The van der Waals surface area contributed by atoms with Crippen LogP contribution in [0.3, 0.4) is 0 Å². The molecule has 0 bridgehead atoms. The van der Waals surface area contributed by atoms with E-state index in [1.54, 1.807) is 12.1 Å². The Kier molecular flexibility index (Phi) is 3.04. The van der Waals surface area contributed by atoms with Gasteiger partial charge in [0.2, 0.25) is 0 Å². The summed E-state index contributed by atoms with van der Waals surface area (Å²) in [4.78, 5) is 0. The Balaban J connectivity index is 3.12. The van der Waals surface area contributed by atoms with Crippen LogP contribution in [0.15, 0.2) is 18.2 Å². The summed E-state index contributed by atoms with van der Waals surface area (Å²) in [7, 11) is 0. The van der Waals surface area contributed by atoms with Gasteiger partial charge >= 0.3 is 0 Å². The highest BCUT2D eigenvalue weighted by molar-refractivity contribution is 6.30. The molecule has 0 saturated carbocycles. The maximum atomic E-state index is 12.3. The van der Waals surface area contributed by atoms with Gasteiger partial charge in [-0.3, -0.25) is 0 Å². The third kappa shape index (κ3) is 1.95. The summed E-state index contributed by atoms with van der Waals surface area (Å²) in [6, 6.07) is 4.60. The molecule has 12 heavy (non-hydrogen) atoms. The second-order valence-electron chi connectivity index (χ2n) is 2.50. The molecular weight excluding hydrogens is 182 g/mol. The van der Waals surface area contributed by atoms with Crippen LogP contribution in [0.1, 0.15) is 24.5 Å². The fourth-order valence-corrected chi connectivity index (χ4v) is 1.27. The predicted octanol–water partition coefficient (Wildman–Crippen LogP) is 3.84. The molecule has 0 aliphatic carbocycles. The molecule has 0 radical (unpaired) electrons. The van der Waals surface area contributed by atoms with Gasteiger partial charge in [0.1, 0.15) is 0 Å². The van der Waals surface area contributed by atoms with Crippen LogP contribution in [0.5, 0.6) is 0 Å². The van der Waals surface area contributed by atoms with Crippen LogP contribution < -0.4 is 0 Å². The van der Waals surface area contributed by atoms with E-state index in [1.807, 2.05) is 6.92 Å². The molecule has 0 aliphatic rings. The van der Waals surface area contributed by atoms with E-state index in [9.17, 15) is 8.78 Å². The summed E-state index contributed by atoms with van der Waals surface area (Å²) < 4.78 is 24.7. The highest BCUT2D eigenvalue weighted by Gasteiger charge is 2.11. The number of alkyl halides is 2. The van der Waals surface area contributed by atoms with Gasteiger partial charge in [0.15, 0.2) is 0 Å². The molecule has 1 aromatic rings. The second-order valence-corrected chi connectivity index (χ2v) is 2.93. The molecule has 66 valence electrons. The van der Waals surface area contributed by atoms with Crippen LogP contribution in [0, 0.1) is 0 Å². The monoisotopic (exact) mass is 190 g/mol.